The topological polar surface area (TPSA) is 75.9 Å². The fourth-order valence-corrected chi connectivity index (χ4v) is 7.78. The van der Waals surface area contributed by atoms with Gasteiger partial charge in [0.15, 0.2) is 0 Å². The van der Waals surface area contributed by atoms with Gasteiger partial charge in [0.2, 0.25) is 5.91 Å². The lowest BCUT2D eigenvalue weighted by Crippen LogP contribution is -2.59. The highest BCUT2D eigenvalue weighted by molar-refractivity contribution is 5.97. The minimum Gasteiger partial charge on any atom is -0.375 e. The van der Waals surface area contributed by atoms with Crippen molar-refractivity contribution >= 4 is 28.1 Å². The molecule has 4 atom stereocenters. The summed E-state index contributed by atoms with van der Waals surface area (Å²) in [5, 5.41) is 13.2. The van der Waals surface area contributed by atoms with Gasteiger partial charge < -0.3 is 19.4 Å². The number of carbonyl (C=O) groups is 1. The van der Waals surface area contributed by atoms with Crippen LogP contribution in [0.1, 0.15) is 66.9 Å². The Morgan fingerprint density at radius 1 is 1.12 bits per heavy atom. The number of nitriles is 1. The van der Waals surface area contributed by atoms with E-state index in [0.717, 1.165) is 42.0 Å². The molecule has 3 aromatic rings. The minimum atomic E-state index is -0.272. The highest BCUT2D eigenvalue weighted by Crippen LogP contribution is 2.45. The van der Waals surface area contributed by atoms with E-state index in [1.165, 1.54) is 28.1 Å². The number of amides is 1. The monoisotopic (exact) mass is 578 g/mol. The Kier molecular flexibility index (Phi) is 7.89. The van der Waals surface area contributed by atoms with Crippen LogP contribution in [0.2, 0.25) is 0 Å². The highest BCUT2D eigenvalue weighted by Gasteiger charge is 2.40. The lowest BCUT2D eigenvalue weighted by atomic mass is 9.91. The predicted octanol–water partition coefficient (Wildman–Crippen LogP) is 5.50. The van der Waals surface area contributed by atoms with Gasteiger partial charge in [0.25, 0.3) is 0 Å². The van der Waals surface area contributed by atoms with Gasteiger partial charge in [-0.2, -0.15) is 5.26 Å². The van der Waals surface area contributed by atoms with Crippen molar-refractivity contribution in [3.63, 3.8) is 0 Å². The Bertz CT molecular complexity index is 1590. The van der Waals surface area contributed by atoms with Crippen molar-refractivity contribution in [2.45, 2.75) is 64.4 Å². The summed E-state index contributed by atoms with van der Waals surface area (Å²) in [6.45, 7) is 13.6. The number of rotatable bonds is 5. The molecular weight excluding hydrogens is 536 g/mol. The van der Waals surface area contributed by atoms with Crippen LogP contribution in [0.15, 0.2) is 49.1 Å². The van der Waals surface area contributed by atoms with E-state index >= 15 is 0 Å². The van der Waals surface area contributed by atoms with Crippen LogP contribution in [0.4, 0.5) is 11.4 Å². The molecule has 0 N–H and O–H groups in total. The van der Waals surface area contributed by atoms with Crippen molar-refractivity contribution in [2.75, 3.05) is 50.1 Å². The average molecular weight is 579 g/mol. The van der Waals surface area contributed by atoms with E-state index in [1.54, 1.807) is 7.11 Å². The fourth-order valence-electron chi connectivity index (χ4n) is 7.78. The third-order valence-corrected chi connectivity index (χ3v) is 9.69. The molecule has 0 aliphatic carbocycles. The number of nitrogens with zero attached hydrogens (tertiary/aromatic N) is 6. The molecule has 0 spiro atoms. The molecule has 2 saturated heterocycles. The zero-order valence-corrected chi connectivity index (χ0v) is 26.0. The number of anilines is 2. The molecule has 1 aromatic heterocycles. The van der Waals surface area contributed by atoms with Gasteiger partial charge in [0.1, 0.15) is 12.2 Å². The Hall–Kier alpha value is -3.93. The zero-order valence-electron chi connectivity index (χ0n) is 26.0. The SMILES string of the molecule is C=CC(=O)N1[C@H](C)CN(c2c(C#N)c([C@@H]3CCCN3C)nc3c2C(OC)CN(c2cccc4cccc(C)c24)C3)C[C@@H]1C. The van der Waals surface area contributed by atoms with Gasteiger partial charge in [-0.15, -0.1) is 0 Å². The van der Waals surface area contributed by atoms with E-state index in [2.05, 4.69) is 91.6 Å². The molecular formula is C35H42N6O2. The summed E-state index contributed by atoms with van der Waals surface area (Å²) in [6.07, 6.45) is 3.19. The Labute approximate surface area is 255 Å². The van der Waals surface area contributed by atoms with E-state index in [1.807, 2.05) is 4.90 Å². The number of fused-ring (bicyclic) bond motifs is 2. The second-order valence-electron chi connectivity index (χ2n) is 12.4. The molecule has 1 unspecified atom stereocenters. The summed E-state index contributed by atoms with van der Waals surface area (Å²) in [6, 6.07) is 15.5. The number of benzene rings is 2. The van der Waals surface area contributed by atoms with Gasteiger partial charge in [0, 0.05) is 55.5 Å². The number of aryl methyl sites for hydroxylation is 1. The molecule has 0 radical (unpaired) electrons. The zero-order chi connectivity index (χ0) is 30.4. The molecule has 4 heterocycles. The lowest BCUT2D eigenvalue weighted by Gasteiger charge is -2.47. The van der Waals surface area contributed by atoms with Crippen molar-refractivity contribution in [3.8, 4) is 6.07 Å². The number of carbonyl (C=O) groups excluding carboxylic acids is 1. The van der Waals surface area contributed by atoms with Crippen molar-refractivity contribution in [1.29, 1.82) is 5.26 Å². The van der Waals surface area contributed by atoms with E-state index in [-0.39, 0.29) is 30.1 Å². The third kappa shape index (κ3) is 4.95. The van der Waals surface area contributed by atoms with Crippen LogP contribution in [0, 0.1) is 18.3 Å². The number of methoxy groups -OCH3 is 1. The van der Waals surface area contributed by atoms with Crippen molar-refractivity contribution in [3.05, 3.63) is 77.1 Å². The average Bonchev–Trinajstić information content (AvgIpc) is 3.44. The van der Waals surface area contributed by atoms with Gasteiger partial charge >= 0.3 is 0 Å². The van der Waals surface area contributed by atoms with Crippen LogP contribution >= 0.6 is 0 Å². The fraction of sp³-hybridized carbons (Fsp3) is 0.457. The number of hydrogen-bond acceptors (Lipinski definition) is 7. The largest absolute Gasteiger partial charge is 0.375 e. The van der Waals surface area contributed by atoms with Gasteiger partial charge in [-0.05, 0) is 70.3 Å². The Morgan fingerprint density at radius 2 is 1.84 bits per heavy atom. The van der Waals surface area contributed by atoms with Crippen LogP contribution in [0.25, 0.3) is 10.8 Å². The number of piperazine rings is 1. The molecule has 6 rings (SSSR count). The number of hydrogen-bond donors (Lipinski definition) is 0. The standard InChI is InChI=1S/C35H42N6O2/c1-7-31(42)41-23(3)18-40(19-24(41)4)35-26(17-36)34(29-15-10-16-38(29)5)37-27-20-39(21-30(43-6)33(27)35)28-14-9-13-25-12-8-11-22(2)32(25)28/h7-9,11-14,23-24,29-30H,1,10,15-16,18-21H2,2-6H3/t23-,24+,29-,30?/m0/s1. The maximum Gasteiger partial charge on any atom is 0.246 e. The smallest absolute Gasteiger partial charge is 0.246 e. The summed E-state index contributed by atoms with van der Waals surface area (Å²) < 4.78 is 6.25. The van der Waals surface area contributed by atoms with E-state index in [9.17, 15) is 10.1 Å². The number of likely N-dealkylation sites (tertiary alicyclic amines) is 1. The molecule has 2 fully saturated rings. The first-order chi connectivity index (χ1) is 20.8. The van der Waals surface area contributed by atoms with Crippen LogP contribution in [-0.4, -0.2) is 73.1 Å². The molecule has 43 heavy (non-hydrogen) atoms. The molecule has 8 heteroatoms. The summed E-state index contributed by atoms with van der Waals surface area (Å²) >= 11 is 0. The molecule has 8 nitrogen and oxygen atoms in total. The first-order valence-electron chi connectivity index (χ1n) is 15.4. The summed E-state index contributed by atoms with van der Waals surface area (Å²) in [5.74, 6) is -0.0547. The second-order valence-corrected chi connectivity index (χ2v) is 12.4. The van der Waals surface area contributed by atoms with E-state index < -0.39 is 0 Å². The summed E-state index contributed by atoms with van der Waals surface area (Å²) in [7, 11) is 3.89. The number of pyridine rings is 1. The van der Waals surface area contributed by atoms with Crippen LogP contribution < -0.4 is 9.80 Å². The predicted molar refractivity (Wildman–Crippen MR) is 171 cm³/mol. The highest BCUT2D eigenvalue weighted by atomic mass is 16.5. The number of ether oxygens (including phenoxy) is 1. The van der Waals surface area contributed by atoms with Gasteiger partial charge in [-0.1, -0.05) is 36.9 Å². The lowest BCUT2D eigenvalue weighted by molar-refractivity contribution is -0.130. The van der Waals surface area contributed by atoms with Gasteiger partial charge in [0.05, 0.1) is 35.2 Å². The first kappa shape index (κ1) is 29.2. The van der Waals surface area contributed by atoms with Gasteiger partial charge in [-0.3, -0.25) is 14.7 Å². The molecule has 0 saturated carbocycles. The maximum atomic E-state index is 12.7. The molecule has 3 aliphatic rings. The molecule has 1 amide bonds. The maximum absolute atomic E-state index is 12.7. The van der Waals surface area contributed by atoms with Crippen molar-refractivity contribution in [2.24, 2.45) is 0 Å². The molecule has 0 bridgehead atoms. The Morgan fingerprint density at radius 3 is 2.47 bits per heavy atom. The Balaban J connectivity index is 1.52. The summed E-state index contributed by atoms with van der Waals surface area (Å²) in [5.41, 5.74) is 6.85. The third-order valence-electron chi connectivity index (χ3n) is 9.69. The first-order valence-corrected chi connectivity index (χ1v) is 15.4. The van der Waals surface area contributed by atoms with Crippen LogP contribution in [-0.2, 0) is 16.1 Å². The number of aromatic nitrogens is 1. The molecule has 3 aliphatic heterocycles. The quantitative estimate of drug-likeness (QED) is 0.370. The molecule has 2 aromatic carbocycles. The normalized spacial score (nSPS) is 24.2. The van der Waals surface area contributed by atoms with Crippen LogP contribution in [0.5, 0.6) is 0 Å². The van der Waals surface area contributed by atoms with Gasteiger partial charge in [-0.25, -0.2) is 0 Å². The van der Waals surface area contributed by atoms with E-state index in [4.69, 9.17) is 9.72 Å². The van der Waals surface area contributed by atoms with Crippen LogP contribution in [0.3, 0.4) is 0 Å². The van der Waals surface area contributed by atoms with Crippen molar-refractivity contribution in [1.82, 2.24) is 14.8 Å². The molecule has 224 valence electrons. The second kappa shape index (κ2) is 11.6. The minimum absolute atomic E-state index is 0.0399. The van der Waals surface area contributed by atoms with E-state index in [0.29, 0.717) is 31.7 Å². The van der Waals surface area contributed by atoms with Crippen molar-refractivity contribution < 1.29 is 9.53 Å². The summed E-state index contributed by atoms with van der Waals surface area (Å²) in [4.78, 5) is 27.0.